The first kappa shape index (κ1) is 36.2. The second-order valence-corrected chi connectivity index (χ2v) is 11.3. The summed E-state index contributed by atoms with van der Waals surface area (Å²) in [4.78, 5) is 41.3. The van der Waals surface area contributed by atoms with Gasteiger partial charge in [0.1, 0.15) is 27.8 Å². The topological polar surface area (TPSA) is 136 Å². The molecule has 0 atom stereocenters. The third-order valence-corrected chi connectivity index (χ3v) is 8.07. The maximum Gasteiger partial charge on any atom is 2.00 e. The van der Waals surface area contributed by atoms with Crippen molar-refractivity contribution in [3.8, 4) is 23.0 Å². The third-order valence-electron chi connectivity index (χ3n) is 7.68. The van der Waals surface area contributed by atoms with Gasteiger partial charge in [0, 0.05) is 29.8 Å². The van der Waals surface area contributed by atoms with Crippen molar-refractivity contribution in [1.29, 1.82) is 0 Å². The number of carbonyl (C=O) groups is 3. The Balaban J connectivity index is 0.00000278. The Labute approximate surface area is 308 Å². The number of methoxy groups -OCH3 is 1. The molecule has 5 rings (SSSR count). The van der Waals surface area contributed by atoms with Crippen molar-refractivity contribution in [3.05, 3.63) is 77.7 Å². The number of benzene rings is 3. The Morgan fingerprint density at radius 2 is 1.66 bits per heavy atom. The van der Waals surface area contributed by atoms with Crippen molar-refractivity contribution in [2.24, 2.45) is 5.41 Å². The fraction of sp³-hybridized carbons (Fsp3) is 0.294. The standard InChI is InChI=1S/C34H33ClFN3O7.Ca.2H/c1-44-28-19-23-25(20-29(28)45-18-5-3-2-4-9-30(40)41)37-17-14-26(23)46-27-8-6-7-24(31(27)35)39-33(43)34(15-16-34)32(42)38-22-12-10-21(36)11-13-22;;;/h6-8,10-14,17,19-20H,2-5,9,15-16,18H2,1H3,(H,38,42)(H,39,43)(H,40,41);;;/q;+2;2*-1. The van der Waals surface area contributed by atoms with Crippen LogP contribution in [0.15, 0.2) is 66.9 Å². The minimum atomic E-state index is -1.26. The Bertz CT molecular complexity index is 1760. The maximum atomic E-state index is 13.3. The van der Waals surface area contributed by atoms with Crippen molar-refractivity contribution in [2.75, 3.05) is 24.4 Å². The van der Waals surface area contributed by atoms with Gasteiger partial charge in [-0.25, -0.2) is 4.39 Å². The van der Waals surface area contributed by atoms with Crippen LogP contribution in [0.5, 0.6) is 23.0 Å². The van der Waals surface area contributed by atoms with E-state index in [0.717, 1.165) is 19.3 Å². The van der Waals surface area contributed by atoms with Gasteiger partial charge in [-0.2, -0.15) is 0 Å². The number of pyridine rings is 1. The molecule has 0 aliphatic heterocycles. The zero-order chi connectivity index (χ0) is 32.7. The van der Waals surface area contributed by atoms with E-state index in [4.69, 9.17) is 30.9 Å². The van der Waals surface area contributed by atoms with E-state index < -0.39 is 29.0 Å². The van der Waals surface area contributed by atoms with Gasteiger partial charge in [0.15, 0.2) is 11.5 Å². The normalized spacial score (nSPS) is 12.8. The smallest absolute Gasteiger partial charge is 1.00 e. The van der Waals surface area contributed by atoms with E-state index >= 15 is 0 Å². The minimum Gasteiger partial charge on any atom is -1.00 e. The zero-order valence-electron chi connectivity index (χ0n) is 27.8. The van der Waals surface area contributed by atoms with Crippen LogP contribution in [0.2, 0.25) is 5.02 Å². The number of carboxylic acids is 1. The first-order chi connectivity index (χ1) is 22.2. The molecule has 0 saturated heterocycles. The van der Waals surface area contributed by atoms with Gasteiger partial charge in [-0.15, -0.1) is 0 Å². The number of anilines is 2. The van der Waals surface area contributed by atoms with E-state index in [9.17, 15) is 18.8 Å². The minimum absolute atomic E-state index is 0. The van der Waals surface area contributed by atoms with Crippen molar-refractivity contribution in [2.45, 2.75) is 44.9 Å². The average Bonchev–Trinajstić information content (AvgIpc) is 3.86. The van der Waals surface area contributed by atoms with Crippen LogP contribution in [0, 0.1) is 11.2 Å². The number of hydrogen-bond acceptors (Lipinski definition) is 7. The number of carboxylic acid groups (broad SMARTS) is 1. The molecular weight excluding hydrogens is 657 g/mol. The predicted octanol–water partition coefficient (Wildman–Crippen LogP) is 7.44. The molecule has 2 amide bonds. The summed E-state index contributed by atoms with van der Waals surface area (Å²) in [5, 5.41) is 15.0. The van der Waals surface area contributed by atoms with Crippen molar-refractivity contribution in [3.63, 3.8) is 0 Å². The molecule has 0 spiro atoms. The monoisotopic (exact) mass is 691 g/mol. The molecule has 47 heavy (non-hydrogen) atoms. The van der Waals surface area contributed by atoms with Crippen molar-refractivity contribution < 1.29 is 40.9 Å². The number of fused-ring (bicyclic) bond motifs is 1. The van der Waals surface area contributed by atoms with Gasteiger partial charge in [0.05, 0.1) is 24.9 Å². The summed E-state index contributed by atoms with van der Waals surface area (Å²) < 4.78 is 31.0. The van der Waals surface area contributed by atoms with Gasteiger partial charge >= 0.3 is 43.7 Å². The molecule has 4 aromatic rings. The third kappa shape index (κ3) is 9.04. The SMILES string of the molecule is COc1cc2c(Oc3cccc(NC(=O)C4(C(=O)Nc5ccc(F)cc5)CC4)c3Cl)ccnc2cc1OCCCCCCC(=O)O.[Ca+2].[H-].[H-]. The number of amides is 2. The maximum absolute atomic E-state index is 13.3. The molecule has 3 aromatic carbocycles. The number of aromatic nitrogens is 1. The number of carbonyl (C=O) groups excluding carboxylic acids is 2. The molecule has 3 N–H and O–H groups in total. The molecule has 1 heterocycles. The summed E-state index contributed by atoms with van der Waals surface area (Å²) in [6, 6.07) is 15.5. The van der Waals surface area contributed by atoms with E-state index in [-0.39, 0.29) is 63.5 Å². The molecular formula is C34H35CaClFN3O7. The second-order valence-electron chi connectivity index (χ2n) is 11.0. The Morgan fingerprint density at radius 1 is 0.936 bits per heavy atom. The summed E-state index contributed by atoms with van der Waals surface area (Å²) in [6.07, 6.45) is 5.55. The zero-order valence-corrected chi connectivity index (χ0v) is 28.8. The fourth-order valence-electron chi connectivity index (χ4n) is 4.92. The first-order valence-electron chi connectivity index (χ1n) is 14.9. The predicted molar refractivity (Wildman–Crippen MR) is 179 cm³/mol. The van der Waals surface area contributed by atoms with Gasteiger partial charge in [-0.05, 0) is 74.2 Å². The molecule has 10 nitrogen and oxygen atoms in total. The Hall–Kier alpha value is -3.64. The number of aliphatic carboxylic acids is 1. The van der Waals surface area contributed by atoms with Crippen LogP contribution >= 0.6 is 11.6 Å². The number of rotatable bonds is 15. The summed E-state index contributed by atoms with van der Waals surface area (Å²) in [6.45, 7) is 0.439. The second kappa shape index (κ2) is 16.5. The Morgan fingerprint density at radius 3 is 2.36 bits per heavy atom. The molecule has 0 bridgehead atoms. The molecule has 13 heteroatoms. The number of nitrogens with zero attached hydrogens (tertiary/aromatic N) is 1. The van der Waals surface area contributed by atoms with Gasteiger partial charge in [0.2, 0.25) is 11.8 Å². The average molecular weight is 692 g/mol. The van der Waals surface area contributed by atoms with Crippen LogP contribution in [0.4, 0.5) is 15.8 Å². The molecule has 0 radical (unpaired) electrons. The van der Waals surface area contributed by atoms with Gasteiger partial charge < -0.3 is 32.8 Å². The van der Waals surface area contributed by atoms with Gasteiger partial charge in [-0.1, -0.05) is 30.5 Å². The van der Waals surface area contributed by atoms with Crippen molar-refractivity contribution >= 4 is 89.4 Å². The van der Waals surface area contributed by atoms with Crippen LogP contribution < -0.4 is 24.8 Å². The van der Waals surface area contributed by atoms with Gasteiger partial charge in [-0.3, -0.25) is 19.4 Å². The van der Waals surface area contributed by atoms with E-state index in [1.54, 1.807) is 42.6 Å². The van der Waals surface area contributed by atoms with Gasteiger partial charge in [0.25, 0.3) is 0 Å². The summed E-state index contributed by atoms with van der Waals surface area (Å²) in [5.74, 6) is -0.480. The molecule has 1 aliphatic carbocycles. The molecule has 1 fully saturated rings. The van der Waals surface area contributed by atoms with E-state index in [2.05, 4.69) is 15.6 Å². The van der Waals surface area contributed by atoms with Crippen LogP contribution in [0.25, 0.3) is 10.9 Å². The van der Waals surface area contributed by atoms with E-state index in [1.165, 1.54) is 31.4 Å². The Kier molecular flexibility index (Phi) is 12.7. The largest absolute Gasteiger partial charge is 2.00 e. The molecule has 1 aliphatic rings. The van der Waals surface area contributed by atoms with E-state index in [1.807, 2.05) is 0 Å². The van der Waals surface area contributed by atoms with Crippen LogP contribution in [0.3, 0.4) is 0 Å². The number of unbranched alkanes of at least 4 members (excludes halogenated alkanes) is 3. The summed E-state index contributed by atoms with van der Waals surface area (Å²) in [7, 11) is 1.53. The number of nitrogens with one attached hydrogen (secondary N) is 2. The molecule has 0 unspecified atom stereocenters. The molecule has 1 saturated carbocycles. The molecule has 244 valence electrons. The molecule has 1 aromatic heterocycles. The van der Waals surface area contributed by atoms with E-state index in [0.29, 0.717) is 59.7 Å². The summed E-state index contributed by atoms with van der Waals surface area (Å²) in [5.41, 5.74) is 0.00794. The first-order valence-corrected chi connectivity index (χ1v) is 15.2. The number of halogens is 2. The van der Waals surface area contributed by atoms with Crippen LogP contribution in [-0.4, -0.2) is 79.3 Å². The van der Waals surface area contributed by atoms with Crippen LogP contribution in [-0.2, 0) is 14.4 Å². The summed E-state index contributed by atoms with van der Waals surface area (Å²) >= 11 is 6.69. The number of hydrogen-bond donors (Lipinski definition) is 3. The number of ether oxygens (including phenoxy) is 3. The quantitative estimate of drug-likeness (QED) is 0.0665. The fourth-order valence-corrected chi connectivity index (χ4v) is 5.13. The van der Waals surface area contributed by atoms with Crippen LogP contribution in [0.1, 0.15) is 47.8 Å². The van der Waals surface area contributed by atoms with Crippen molar-refractivity contribution in [1.82, 2.24) is 4.98 Å².